The van der Waals surface area contributed by atoms with Crippen LogP contribution in [0.15, 0.2) is 10.5 Å². The van der Waals surface area contributed by atoms with Crippen LogP contribution in [-0.2, 0) is 4.74 Å². The van der Waals surface area contributed by atoms with E-state index in [0.717, 1.165) is 38.6 Å². The molecule has 1 spiro atoms. The van der Waals surface area contributed by atoms with Gasteiger partial charge in [0.25, 0.3) is 0 Å². The van der Waals surface area contributed by atoms with Gasteiger partial charge in [0.1, 0.15) is 23.0 Å². The van der Waals surface area contributed by atoms with Crippen molar-refractivity contribution in [1.29, 1.82) is 0 Å². The highest BCUT2D eigenvalue weighted by atomic mass is 79.9. The van der Waals surface area contributed by atoms with E-state index in [-0.39, 0.29) is 44.8 Å². The van der Waals surface area contributed by atoms with Crippen molar-refractivity contribution in [3.05, 3.63) is 21.4 Å². The Hall–Kier alpha value is -1.91. The summed E-state index contributed by atoms with van der Waals surface area (Å²) in [4.78, 5) is 28.5. The number of piperidine rings is 1. The molecule has 0 N–H and O–H groups in total. The number of carbonyl (C=O) groups excluding carboxylic acids is 1. The first kappa shape index (κ1) is 27.6. The smallest absolute Gasteiger partial charge is 0.410 e. The van der Waals surface area contributed by atoms with Crippen molar-refractivity contribution in [2.75, 3.05) is 38.1 Å². The van der Waals surface area contributed by atoms with Crippen LogP contribution in [-0.4, -0.2) is 82.4 Å². The van der Waals surface area contributed by atoms with Crippen molar-refractivity contribution in [2.24, 2.45) is 0 Å². The quantitative estimate of drug-likeness (QED) is 0.391. The maximum atomic E-state index is 15.5. The predicted octanol–water partition coefficient (Wildman–Crippen LogP) is 6.03. The standard InChI is InChI=1S/C27H36BrClFN5O3/c1-16(19-8-6-11-33(19)5)37-24-31-22-17(14-18(29)20(28)21(22)30)23(32-24)34-12-7-9-27(15-34)10-13-35(27)25(36)38-26(2,3)4/h14,16,19H,6-13,15H2,1-5H3/t16-,19-,27?/m0/s1. The molecular formula is C27H36BrClFN5O3. The molecule has 208 valence electrons. The molecule has 3 atom stereocenters. The molecule has 3 saturated heterocycles. The van der Waals surface area contributed by atoms with E-state index in [0.29, 0.717) is 30.8 Å². The normalized spacial score (nSPS) is 25.1. The van der Waals surface area contributed by atoms with Crippen LogP contribution >= 0.6 is 27.5 Å². The third-order valence-corrected chi connectivity index (χ3v) is 9.34. The van der Waals surface area contributed by atoms with Crippen LogP contribution < -0.4 is 9.64 Å². The number of benzene rings is 1. The lowest BCUT2D eigenvalue weighted by atomic mass is 9.78. The first-order valence-electron chi connectivity index (χ1n) is 13.4. The van der Waals surface area contributed by atoms with Gasteiger partial charge in [0.05, 0.1) is 15.0 Å². The number of halogens is 3. The average molecular weight is 613 g/mol. The minimum Gasteiger partial charge on any atom is -0.459 e. The first-order chi connectivity index (χ1) is 17.9. The molecule has 1 unspecified atom stereocenters. The van der Waals surface area contributed by atoms with Gasteiger partial charge in [-0.3, -0.25) is 4.90 Å². The van der Waals surface area contributed by atoms with Gasteiger partial charge in [-0.05, 0) is 95.4 Å². The number of ether oxygens (including phenoxy) is 2. The van der Waals surface area contributed by atoms with Gasteiger partial charge in [-0.15, -0.1) is 0 Å². The van der Waals surface area contributed by atoms with Crippen LogP contribution in [0.1, 0.15) is 59.8 Å². The van der Waals surface area contributed by atoms with Crippen molar-refractivity contribution in [3.8, 4) is 6.01 Å². The molecule has 2 aromatic rings. The van der Waals surface area contributed by atoms with Crippen molar-refractivity contribution in [1.82, 2.24) is 19.8 Å². The van der Waals surface area contributed by atoms with E-state index in [4.69, 9.17) is 26.1 Å². The first-order valence-corrected chi connectivity index (χ1v) is 14.5. The second-order valence-corrected chi connectivity index (χ2v) is 13.1. The van der Waals surface area contributed by atoms with Gasteiger partial charge in [-0.25, -0.2) is 9.18 Å². The number of hydrogen-bond acceptors (Lipinski definition) is 7. The molecule has 4 heterocycles. The van der Waals surface area contributed by atoms with Gasteiger partial charge in [-0.2, -0.15) is 9.97 Å². The maximum Gasteiger partial charge on any atom is 0.410 e. The SMILES string of the molecule is C[C@H](Oc1nc(N2CCCC3(CCN3C(=O)OC(C)(C)C)C2)c2cc(Cl)c(Br)c(F)c2n1)[C@@H]1CCCN1C. The second kappa shape index (κ2) is 10.2. The van der Waals surface area contributed by atoms with Crippen molar-refractivity contribution in [2.45, 2.75) is 83.1 Å². The maximum absolute atomic E-state index is 15.5. The summed E-state index contributed by atoms with van der Waals surface area (Å²) < 4.78 is 27.6. The Balaban J connectivity index is 1.50. The molecule has 3 fully saturated rings. The van der Waals surface area contributed by atoms with Gasteiger partial charge in [0.2, 0.25) is 0 Å². The average Bonchev–Trinajstić information content (AvgIpc) is 3.27. The molecular weight excluding hydrogens is 577 g/mol. The molecule has 1 aromatic heterocycles. The van der Waals surface area contributed by atoms with Crippen LogP contribution in [0.3, 0.4) is 0 Å². The van der Waals surface area contributed by atoms with E-state index in [1.165, 1.54) is 0 Å². The minimum atomic E-state index is -0.566. The zero-order valence-electron chi connectivity index (χ0n) is 22.7. The van der Waals surface area contributed by atoms with Crippen LogP contribution in [0.25, 0.3) is 10.9 Å². The molecule has 0 aliphatic carbocycles. The molecule has 0 radical (unpaired) electrons. The molecule has 1 aromatic carbocycles. The van der Waals surface area contributed by atoms with E-state index < -0.39 is 11.4 Å². The van der Waals surface area contributed by atoms with Crippen molar-refractivity contribution >= 4 is 50.3 Å². The fourth-order valence-electron chi connectivity index (χ4n) is 6.06. The van der Waals surface area contributed by atoms with E-state index >= 15 is 4.39 Å². The van der Waals surface area contributed by atoms with Crippen molar-refractivity contribution in [3.63, 3.8) is 0 Å². The summed E-state index contributed by atoms with van der Waals surface area (Å²) in [5.74, 6) is 0.0257. The zero-order valence-corrected chi connectivity index (χ0v) is 25.0. The van der Waals surface area contributed by atoms with Gasteiger partial charge in [0.15, 0.2) is 5.82 Å². The fourth-order valence-corrected chi connectivity index (χ4v) is 6.56. The largest absolute Gasteiger partial charge is 0.459 e. The molecule has 0 saturated carbocycles. The molecule has 3 aliphatic heterocycles. The van der Waals surface area contributed by atoms with Gasteiger partial charge in [-0.1, -0.05) is 11.6 Å². The Morgan fingerprint density at radius 2 is 2.00 bits per heavy atom. The van der Waals surface area contributed by atoms with Gasteiger partial charge in [0, 0.05) is 31.1 Å². The fraction of sp³-hybridized carbons (Fsp3) is 0.667. The van der Waals surface area contributed by atoms with E-state index in [1.54, 1.807) is 6.07 Å². The highest BCUT2D eigenvalue weighted by molar-refractivity contribution is 9.10. The second-order valence-electron chi connectivity index (χ2n) is 11.9. The Morgan fingerprint density at radius 3 is 2.63 bits per heavy atom. The third-order valence-electron chi connectivity index (χ3n) is 8.04. The van der Waals surface area contributed by atoms with E-state index in [1.807, 2.05) is 32.6 Å². The number of nitrogens with zero attached hydrogens (tertiary/aromatic N) is 5. The van der Waals surface area contributed by atoms with Crippen LogP contribution in [0, 0.1) is 5.82 Å². The van der Waals surface area contributed by atoms with Gasteiger partial charge >= 0.3 is 12.1 Å². The Bertz CT molecular complexity index is 1240. The summed E-state index contributed by atoms with van der Waals surface area (Å²) in [7, 11) is 2.09. The lowest BCUT2D eigenvalue weighted by Crippen LogP contribution is -2.69. The topological polar surface area (TPSA) is 71.0 Å². The summed E-state index contributed by atoms with van der Waals surface area (Å²) in [6.45, 7) is 10.6. The molecule has 0 bridgehead atoms. The molecule has 38 heavy (non-hydrogen) atoms. The lowest BCUT2D eigenvalue weighted by molar-refractivity contribution is -0.0496. The number of anilines is 1. The summed E-state index contributed by atoms with van der Waals surface area (Å²) in [5.41, 5.74) is -0.759. The predicted molar refractivity (Wildman–Crippen MR) is 150 cm³/mol. The number of amides is 1. The molecule has 8 nitrogen and oxygen atoms in total. The molecule has 11 heteroatoms. The number of hydrogen-bond donors (Lipinski definition) is 0. The number of carbonyl (C=O) groups is 1. The lowest BCUT2D eigenvalue weighted by Gasteiger charge is -2.56. The van der Waals surface area contributed by atoms with Crippen LogP contribution in [0.5, 0.6) is 6.01 Å². The monoisotopic (exact) mass is 611 g/mol. The number of aromatic nitrogens is 2. The van der Waals surface area contributed by atoms with Crippen molar-refractivity contribution < 1.29 is 18.7 Å². The Labute approximate surface area is 236 Å². The van der Waals surface area contributed by atoms with Crippen LogP contribution in [0.2, 0.25) is 5.02 Å². The zero-order chi connectivity index (χ0) is 27.4. The molecule has 3 aliphatic rings. The number of likely N-dealkylation sites (tertiary alicyclic amines) is 2. The number of likely N-dealkylation sites (N-methyl/N-ethyl adjacent to an activating group) is 1. The summed E-state index contributed by atoms with van der Waals surface area (Å²) >= 11 is 9.64. The van der Waals surface area contributed by atoms with E-state index in [2.05, 4.69) is 37.8 Å². The van der Waals surface area contributed by atoms with Crippen LogP contribution in [0.4, 0.5) is 15.0 Å². The number of fused-ring (bicyclic) bond motifs is 1. The highest BCUT2D eigenvalue weighted by Crippen LogP contribution is 2.43. The van der Waals surface area contributed by atoms with Gasteiger partial charge < -0.3 is 19.3 Å². The summed E-state index contributed by atoms with van der Waals surface area (Å²) in [5, 5.41) is 0.772. The Morgan fingerprint density at radius 1 is 1.24 bits per heavy atom. The molecule has 1 amide bonds. The summed E-state index contributed by atoms with van der Waals surface area (Å²) in [6.07, 6.45) is 4.30. The Kier molecular flexibility index (Phi) is 7.45. The molecule has 5 rings (SSSR count). The minimum absolute atomic E-state index is 0.144. The highest BCUT2D eigenvalue weighted by Gasteiger charge is 2.51. The summed E-state index contributed by atoms with van der Waals surface area (Å²) in [6, 6.07) is 2.09. The van der Waals surface area contributed by atoms with E-state index in [9.17, 15) is 4.79 Å². The third kappa shape index (κ3) is 5.16. The number of rotatable bonds is 4.